The van der Waals surface area contributed by atoms with Crippen LogP contribution in [0, 0.1) is 0 Å². The maximum absolute atomic E-state index is 12.3. The van der Waals surface area contributed by atoms with Crippen LogP contribution in [-0.4, -0.2) is 33.5 Å². The molecule has 0 saturated heterocycles. The summed E-state index contributed by atoms with van der Waals surface area (Å²) in [5.41, 5.74) is 2.14. The summed E-state index contributed by atoms with van der Waals surface area (Å²) in [7, 11) is 0. The highest BCUT2D eigenvalue weighted by atomic mass is 16.2. The molecule has 0 unspecified atom stereocenters. The topological polar surface area (TPSA) is 101 Å². The summed E-state index contributed by atoms with van der Waals surface area (Å²) in [6.07, 6.45) is 2.99. The third-order valence-electron chi connectivity index (χ3n) is 3.52. The van der Waals surface area contributed by atoms with E-state index < -0.39 is 0 Å². The van der Waals surface area contributed by atoms with Gasteiger partial charge in [0.05, 0.1) is 11.9 Å². The number of para-hydroxylation sites is 1. The van der Waals surface area contributed by atoms with Crippen LogP contribution in [0.1, 0.15) is 10.5 Å². The van der Waals surface area contributed by atoms with Crippen LogP contribution in [0.4, 0.5) is 16.2 Å². The van der Waals surface area contributed by atoms with Crippen LogP contribution < -0.4 is 16.0 Å². The van der Waals surface area contributed by atoms with Crippen molar-refractivity contribution in [3.8, 4) is 5.69 Å². The number of carbonyl (C=O) groups is 2. The molecule has 0 aliphatic heterocycles. The number of benzene rings is 2. The molecule has 0 fully saturated rings. The predicted octanol–water partition coefficient (Wildman–Crippen LogP) is 2.83. The maximum atomic E-state index is 12.3. The molecule has 3 amide bonds. The lowest BCUT2D eigenvalue weighted by Gasteiger charge is -2.07. The van der Waals surface area contributed by atoms with E-state index >= 15 is 0 Å². The van der Waals surface area contributed by atoms with Crippen molar-refractivity contribution in [2.24, 2.45) is 0 Å². The number of rotatable bonds is 6. The number of amides is 3. The zero-order valence-electron chi connectivity index (χ0n) is 14.4. The van der Waals surface area contributed by atoms with Gasteiger partial charge < -0.3 is 16.0 Å². The Morgan fingerprint density at radius 3 is 2.33 bits per heavy atom. The fourth-order valence-electron chi connectivity index (χ4n) is 2.23. The normalized spacial score (nSPS) is 10.1. The Hall–Kier alpha value is -3.94. The first-order valence-electron chi connectivity index (χ1n) is 8.20. The van der Waals surface area contributed by atoms with Gasteiger partial charge in [-0.15, -0.1) is 11.7 Å². The lowest BCUT2D eigenvalue weighted by Crippen LogP contribution is -2.28. The van der Waals surface area contributed by atoms with Gasteiger partial charge in [0.25, 0.3) is 5.91 Å². The number of anilines is 2. The van der Waals surface area contributed by atoms with Gasteiger partial charge in [0.2, 0.25) is 0 Å². The van der Waals surface area contributed by atoms with Crippen LogP contribution in [0.2, 0.25) is 0 Å². The molecule has 0 spiro atoms. The van der Waals surface area contributed by atoms with Crippen LogP contribution in [0.5, 0.6) is 0 Å². The van der Waals surface area contributed by atoms with Crippen LogP contribution in [-0.2, 0) is 0 Å². The van der Waals surface area contributed by atoms with E-state index in [4.69, 9.17) is 0 Å². The fraction of sp³-hybridized carbons (Fsp3) is 0.0526. The predicted molar refractivity (Wildman–Crippen MR) is 103 cm³/mol. The Bertz CT molecular complexity index is 934. The number of nitrogens with zero attached hydrogens (tertiary/aromatic N) is 3. The summed E-state index contributed by atoms with van der Waals surface area (Å²) < 4.78 is 0. The monoisotopic (exact) mass is 362 g/mol. The molecule has 8 nitrogen and oxygen atoms in total. The molecule has 1 heterocycles. The van der Waals surface area contributed by atoms with Crippen molar-refractivity contribution >= 4 is 23.3 Å². The largest absolute Gasteiger partial charge is 0.334 e. The lowest BCUT2D eigenvalue weighted by atomic mass is 10.2. The van der Waals surface area contributed by atoms with E-state index in [0.717, 1.165) is 5.69 Å². The van der Waals surface area contributed by atoms with Gasteiger partial charge in [0.15, 0.2) is 5.69 Å². The quantitative estimate of drug-likeness (QED) is 0.587. The Morgan fingerprint density at radius 1 is 1.00 bits per heavy atom. The minimum absolute atomic E-state index is 0.199. The van der Waals surface area contributed by atoms with E-state index in [-0.39, 0.29) is 17.6 Å². The van der Waals surface area contributed by atoms with Crippen LogP contribution in [0.15, 0.2) is 73.4 Å². The van der Waals surface area contributed by atoms with E-state index in [1.165, 1.54) is 11.0 Å². The maximum Gasteiger partial charge on any atom is 0.319 e. The molecule has 0 aliphatic rings. The third kappa shape index (κ3) is 4.79. The van der Waals surface area contributed by atoms with Gasteiger partial charge in [-0.2, -0.15) is 9.90 Å². The molecule has 0 bridgehead atoms. The molecule has 8 heteroatoms. The van der Waals surface area contributed by atoms with E-state index in [1.54, 1.807) is 30.3 Å². The Balaban J connectivity index is 1.60. The standard InChI is InChI=1S/C19H18N6O2/c1-2-12-20-19(27)23-15-10-8-14(9-11-15)22-18(26)17-13-21-25(24-17)16-6-4-3-5-7-16/h2-11,13H,1,12H2,(H,22,26)(H2,20,23,27). The summed E-state index contributed by atoms with van der Waals surface area (Å²) >= 11 is 0. The zero-order valence-corrected chi connectivity index (χ0v) is 14.4. The first-order chi connectivity index (χ1) is 13.2. The first kappa shape index (κ1) is 17.9. The minimum atomic E-state index is -0.374. The molecule has 0 aliphatic carbocycles. The van der Waals surface area contributed by atoms with Crippen LogP contribution in [0.25, 0.3) is 5.69 Å². The molecule has 1 aromatic heterocycles. The Morgan fingerprint density at radius 2 is 1.67 bits per heavy atom. The molecule has 3 aromatic rings. The molecule has 3 rings (SSSR count). The van der Waals surface area contributed by atoms with Crippen molar-refractivity contribution in [1.29, 1.82) is 0 Å². The molecule has 136 valence electrons. The average molecular weight is 362 g/mol. The number of hydrogen-bond acceptors (Lipinski definition) is 4. The van der Waals surface area contributed by atoms with Crippen molar-refractivity contribution in [1.82, 2.24) is 20.3 Å². The van der Waals surface area contributed by atoms with Crippen molar-refractivity contribution in [3.05, 3.63) is 79.1 Å². The molecule has 3 N–H and O–H groups in total. The molecule has 27 heavy (non-hydrogen) atoms. The zero-order chi connectivity index (χ0) is 19.1. The molecule has 0 radical (unpaired) electrons. The van der Waals surface area contributed by atoms with Crippen LogP contribution >= 0.6 is 0 Å². The summed E-state index contributed by atoms with van der Waals surface area (Å²) in [6, 6.07) is 15.7. The van der Waals surface area contributed by atoms with Crippen molar-refractivity contribution in [2.75, 3.05) is 17.2 Å². The fourth-order valence-corrected chi connectivity index (χ4v) is 2.23. The van der Waals surface area contributed by atoms with Crippen molar-refractivity contribution in [2.45, 2.75) is 0 Å². The molecular formula is C19H18N6O2. The minimum Gasteiger partial charge on any atom is -0.334 e. The number of carbonyl (C=O) groups excluding carboxylic acids is 2. The van der Waals surface area contributed by atoms with E-state index in [1.807, 2.05) is 30.3 Å². The highest BCUT2D eigenvalue weighted by Gasteiger charge is 2.12. The van der Waals surface area contributed by atoms with Gasteiger partial charge >= 0.3 is 6.03 Å². The lowest BCUT2D eigenvalue weighted by molar-refractivity contribution is 0.102. The number of nitrogens with one attached hydrogen (secondary N) is 3. The second-order valence-electron chi connectivity index (χ2n) is 5.51. The van der Waals surface area contributed by atoms with Gasteiger partial charge in [-0.05, 0) is 36.4 Å². The Labute approximate surface area is 155 Å². The van der Waals surface area contributed by atoms with Gasteiger partial charge in [-0.25, -0.2) is 4.79 Å². The van der Waals surface area contributed by atoms with E-state index in [2.05, 4.69) is 32.7 Å². The van der Waals surface area contributed by atoms with Gasteiger partial charge in [-0.1, -0.05) is 24.3 Å². The Kier molecular flexibility index (Phi) is 5.58. The van der Waals surface area contributed by atoms with Gasteiger partial charge in [0.1, 0.15) is 0 Å². The van der Waals surface area contributed by atoms with Gasteiger partial charge in [0, 0.05) is 17.9 Å². The van der Waals surface area contributed by atoms with Gasteiger partial charge in [-0.3, -0.25) is 4.79 Å². The highest BCUT2D eigenvalue weighted by molar-refractivity contribution is 6.02. The average Bonchev–Trinajstić information content (AvgIpc) is 3.19. The summed E-state index contributed by atoms with van der Waals surface area (Å²) in [5, 5.41) is 16.3. The highest BCUT2D eigenvalue weighted by Crippen LogP contribution is 2.14. The second kappa shape index (κ2) is 8.43. The molecule has 2 aromatic carbocycles. The first-order valence-corrected chi connectivity index (χ1v) is 8.20. The number of urea groups is 1. The third-order valence-corrected chi connectivity index (χ3v) is 3.52. The SMILES string of the molecule is C=CCNC(=O)Nc1ccc(NC(=O)c2cnn(-c3ccccc3)n2)cc1. The molecule has 0 atom stereocenters. The smallest absolute Gasteiger partial charge is 0.319 e. The number of aromatic nitrogens is 3. The summed E-state index contributed by atoms with van der Waals surface area (Å²) in [6.45, 7) is 3.91. The van der Waals surface area contributed by atoms with E-state index in [0.29, 0.717) is 17.9 Å². The van der Waals surface area contributed by atoms with Crippen LogP contribution in [0.3, 0.4) is 0 Å². The number of hydrogen-bond donors (Lipinski definition) is 3. The second-order valence-corrected chi connectivity index (χ2v) is 5.51. The summed E-state index contributed by atoms with van der Waals surface area (Å²) in [4.78, 5) is 25.3. The van der Waals surface area contributed by atoms with Crippen molar-refractivity contribution < 1.29 is 9.59 Å². The van der Waals surface area contributed by atoms with E-state index in [9.17, 15) is 9.59 Å². The van der Waals surface area contributed by atoms with Crippen molar-refractivity contribution in [3.63, 3.8) is 0 Å². The summed E-state index contributed by atoms with van der Waals surface area (Å²) in [5.74, 6) is -0.374. The molecular weight excluding hydrogens is 344 g/mol. The molecule has 0 saturated carbocycles.